The summed E-state index contributed by atoms with van der Waals surface area (Å²) in [6, 6.07) is 0. The summed E-state index contributed by atoms with van der Waals surface area (Å²) < 4.78 is 5.26. The largest absolute Gasteiger partial charge is 0.379 e. The lowest BCUT2D eigenvalue weighted by Gasteiger charge is -2.26. The lowest BCUT2D eigenvalue weighted by atomic mass is 10.1. The van der Waals surface area contributed by atoms with Crippen LogP contribution < -0.4 is 5.32 Å². The first kappa shape index (κ1) is 14.0. The SMILES string of the molecule is CN1N=C(C(=O)NCCN2CCOCC2)CCC1=O. The molecule has 0 aromatic heterocycles. The van der Waals surface area contributed by atoms with Gasteiger partial charge in [-0.05, 0) is 0 Å². The fraction of sp³-hybridized carbons (Fsp3) is 0.750. The normalized spacial score (nSPS) is 21.2. The molecule has 106 valence electrons. The second-order valence-corrected chi connectivity index (χ2v) is 4.67. The first-order valence-corrected chi connectivity index (χ1v) is 6.59. The molecule has 2 aliphatic heterocycles. The first-order chi connectivity index (χ1) is 9.16. The van der Waals surface area contributed by atoms with Gasteiger partial charge in [-0.15, -0.1) is 0 Å². The molecule has 2 heterocycles. The van der Waals surface area contributed by atoms with Gasteiger partial charge in [0.15, 0.2) is 0 Å². The third-order valence-electron chi connectivity index (χ3n) is 3.29. The first-order valence-electron chi connectivity index (χ1n) is 6.59. The van der Waals surface area contributed by atoms with Crippen LogP contribution in [-0.2, 0) is 14.3 Å². The van der Waals surface area contributed by atoms with E-state index >= 15 is 0 Å². The number of hydrogen-bond donors (Lipinski definition) is 1. The van der Waals surface area contributed by atoms with E-state index in [0.29, 0.717) is 25.1 Å². The molecule has 7 heteroatoms. The van der Waals surface area contributed by atoms with E-state index in [0.717, 1.165) is 32.8 Å². The van der Waals surface area contributed by atoms with Crippen molar-refractivity contribution in [2.75, 3.05) is 46.4 Å². The van der Waals surface area contributed by atoms with Crippen LogP contribution in [0.3, 0.4) is 0 Å². The molecular weight excluding hydrogens is 248 g/mol. The van der Waals surface area contributed by atoms with Crippen LogP contribution in [0.4, 0.5) is 0 Å². The third-order valence-corrected chi connectivity index (χ3v) is 3.29. The zero-order valence-corrected chi connectivity index (χ0v) is 11.2. The maximum Gasteiger partial charge on any atom is 0.267 e. The number of hydrogen-bond acceptors (Lipinski definition) is 5. The molecule has 1 N–H and O–H groups in total. The lowest BCUT2D eigenvalue weighted by Crippen LogP contribution is -2.43. The van der Waals surface area contributed by atoms with Gasteiger partial charge in [-0.3, -0.25) is 14.5 Å². The highest BCUT2D eigenvalue weighted by Crippen LogP contribution is 2.06. The molecule has 0 unspecified atom stereocenters. The van der Waals surface area contributed by atoms with E-state index in [2.05, 4.69) is 15.3 Å². The van der Waals surface area contributed by atoms with Gasteiger partial charge < -0.3 is 10.1 Å². The number of ether oxygens (including phenoxy) is 1. The molecule has 0 aromatic carbocycles. The molecular formula is C12H20N4O3. The van der Waals surface area contributed by atoms with E-state index in [1.165, 1.54) is 5.01 Å². The van der Waals surface area contributed by atoms with Crippen molar-refractivity contribution >= 4 is 17.5 Å². The molecule has 2 aliphatic rings. The van der Waals surface area contributed by atoms with Crippen molar-refractivity contribution in [1.29, 1.82) is 0 Å². The van der Waals surface area contributed by atoms with Crippen LogP contribution in [-0.4, -0.2) is 73.9 Å². The Kier molecular flexibility index (Phi) is 4.86. The summed E-state index contributed by atoms with van der Waals surface area (Å²) in [5, 5.41) is 8.06. The molecule has 7 nitrogen and oxygen atoms in total. The minimum atomic E-state index is -0.174. The number of amides is 2. The van der Waals surface area contributed by atoms with Crippen molar-refractivity contribution < 1.29 is 14.3 Å². The maximum absolute atomic E-state index is 11.9. The minimum Gasteiger partial charge on any atom is -0.379 e. The maximum atomic E-state index is 11.9. The van der Waals surface area contributed by atoms with E-state index in [4.69, 9.17) is 4.74 Å². The van der Waals surface area contributed by atoms with Crippen molar-refractivity contribution in [1.82, 2.24) is 15.2 Å². The van der Waals surface area contributed by atoms with Crippen LogP contribution in [0.15, 0.2) is 5.10 Å². The predicted molar refractivity (Wildman–Crippen MR) is 69.7 cm³/mol. The highest BCUT2D eigenvalue weighted by Gasteiger charge is 2.21. The van der Waals surface area contributed by atoms with Gasteiger partial charge in [0.1, 0.15) is 5.71 Å². The molecule has 0 spiro atoms. The number of hydrazone groups is 1. The van der Waals surface area contributed by atoms with E-state index < -0.39 is 0 Å². The van der Waals surface area contributed by atoms with Crippen LogP contribution in [0.2, 0.25) is 0 Å². The Labute approximate surface area is 112 Å². The second-order valence-electron chi connectivity index (χ2n) is 4.67. The number of carbonyl (C=O) groups excluding carboxylic acids is 2. The van der Waals surface area contributed by atoms with Crippen LogP contribution in [0.5, 0.6) is 0 Å². The molecule has 0 saturated carbocycles. The van der Waals surface area contributed by atoms with E-state index in [9.17, 15) is 9.59 Å². The summed E-state index contributed by atoms with van der Waals surface area (Å²) in [7, 11) is 1.57. The van der Waals surface area contributed by atoms with Gasteiger partial charge >= 0.3 is 0 Å². The summed E-state index contributed by atoms with van der Waals surface area (Å²) in [6.45, 7) is 4.75. The van der Waals surface area contributed by atoms with E-state index in [1.54, 1.807) is 7.05 Å². The Balaban J connectivity index is 1.72. The topological polar surface area (TPSA) is 74.2 Å². The van der Waals surface area contributed by atoms with Crippen molar-refractivity contribution in [3.05, 3.63) is 0 Å². The smallest absolute Gasteiger partial charge is 0.267 e. The molecule has 0 aliphatic carbocycles. The van der Waals surface area contributed by atoms with Gasteiger partial charge in [-0.25, -0.2) is 5.01 Å². The van der Waals surface area contributed by atoms with E-state index in [-0.39, 0.29) is 11.8 Å². The van der Waals surface area contributed by atoms with Crippen molar-refractivity contribution in [2.45, 2.75) is 12.8 Å². The second kappa shape index (κ2) is 6.63. The highest BCUT2D eigenvalue weighted by atomic mass is 16.5. The average molecular weight is 268 g/mol. The fourth-order valence-electron chi connectivity index (χ4n) is 2.09. The molecule has 1 fully saturated rings. The van der Waals surface area contributed by atoms with Gasteiger partial charge in [-0.2, -0.15) is 5.10 Å². The Bertz CT molecular complexity index is 377. The summed E-state index contributed by atoms with van der Waals surface area (Å²) in [5.74, 6) is -0.225. The lowest BCUT2D eigenvalue weighted by molar-refractivity contribution is -0.130. The predicted octanol–water partition coefficient (Wildman–Crippen LogP) is -0.957. The summed E-state index contributed by atoms with van der Waals surface area (Å²) in [4.78, 5) is 25.4. The van der Waals surface area contributed by atoms with Gasteiger partial charge in [0, 0.05) is 46.1 Å². The number of nitrogens with zero attached hydrogens (tertiary/aromatic N) is 3. The molecule has 0 aromatic rings. The highest BCUT2D eigenvalue weighted by molar-refractivity contribution is 6.39. The zero-order valence-electron chi connectivity index (χ0n) is 11.2. The van der Waals surface area contributed by atoms with E-state index in [1.807, 2.05) is 0 Å². The standard InChI is InChI=1S/C12H20N4O3/c1-15-11(17)3-2-10(14-15)12(18)13-4-5-16-6-8-19-9-7-16/h2-9H2,1H3,(H,13,18). The van der Waals surface area contributed by atoms with Crippen LogP contribution in [0.1, 0.15) is 12.8 Å². The average Bonchev–Trinajstić information content (AvgIpc) is 2.43. The molecule has 2 rings (SSSR count). The fourth-order valence-corrected chi connectivity index (χ4v) is 2.09. The summed E-state index contributed by atoms with van der Waals surface area (Å²) in [5.41, 5.74) is 0.434. The van der Waals surface area contributed by atoms with Gasteiger partial charge in [0.2, 0.25) is 5.91 Å². The van der Waals surface area contributed by atoms with Gasteiger partial charge in [0.05, 0.1) is 13.2 Å². The molecule has 0 radical (unpaired) electrons. The van der Waals surface area contributed by atoms with Crippen molar-refractivity contribution in [3.63, 3.8) is 0 Å². The number of carbonyl (C=O) groups is 2. The monoisotopic (exact) mass is 268 g/mol. The number of rotatable bonds is 4. The summed E-state index contributed by atoms with van der Waals surface area (Å²) >= 11 is 0. The molecule has 0 atom stereocenters. The number of nitrogens with one attached hydrogen (secondary N) is 1. The zero-order chi connectivity index (χ0) is 13.7. The van der Waals surface area contributed by atoms with Crippen LogP contribution >= 0.6 is 0 Å². The minimum absolute atomic E-state index is 0.0510. The Hall–Kier alpha value is -1.47. The molecule has 0 bridgehead atoms. The molecule has 19 heavy (non-hydrogen) atoms. The molecule has 2 amide bonds. The Morgan fingerprint density at radius 2 is 2.11 bits per heavy atom. The third kappa shape index (κ3) is 4.00. The summed E-state index contributed by atoms with van der Waals surface area (Å²) in [6.07, 6.45) is 0.777. The number of morpholine rings is 1. The van der Waals surface area contributed by atoms with Crippen LogP contribution in [0.25, 0.3) is 0 Å². The molecule has 1 saturated heterocycles. The van der Waals surface area contributed by atoms with Crippen molar-refractivity contribution in [2.24, 2.45) is 5.10 Å². The Morgan fingerprint density at radius 3 is 2.79 bits per heavy atom. The van der Waals surface area contributed by atoms with Crippen LogP contribution in [0, 0.1) is 0 Å². The van der Waals surface area contributed by atoms with Crippen molar-refractivity contribution in [3.8, 4) is 0 Å². The Morgan fingerprint density at radius 1 is 1.37 bits per heavy atom. The quantitative estimate of drug-likeness (QED) is 0.713. The van der Waals surface area contributed by atoms with Gasteiger partial charge in [0.25, 0.3) is 5.91 Å². The van der Waals surface area contributed by atoms with Gasteiger partial charge in [-0.1, -0.05) is 0 Å².